The Morgan fingerprint density at radius 1 is 1.50 bits per heavy atom. The molecule has 1 aliphatic heterocycles. The van der Waals surface area contributed by atoms with Crippen LogP contribution in [0.1, 0.15) is 12.0 Å². The first kappa shape index (κ1) is 11.4. The fourth-order valence-corrected chi connectivity index (χ4v) is 2.15. The van der Waals surface area contributed by atoms with E-state index in [4.69, 9.17) is 0 Å². The van der Waals surface area contributed by atoms with Crippen molar-refractivity contribution >= 4 is 21.7 Å². The van der Waals surface area contributed by atoms with Crippen LogP contribution in [0.4, 0.5) is 4.39 Å². The summed E-state index contributed by atoms with van der Waals surface area (Å²) < 4.78 is 14.9. The SMILES string of the molecule is O=C1CC[N+](=O)C1Cc1ccc(Br)cc1F. The first-order chi connectivity index (χ1) is 7.58. The van der Waals surface area contributed by atoms with Gasteiger partial charge in [0.25, 0.3) is 6.04 Å². The number of carbonyl (C=O) groups is 1. The van der Waals surface area contributed by atoms with E-state index in [0.717, 1.165) is 4.76 Å². The van der Waals surface area contributed by atoms with Crippen molar-refractivity contribution in [2.24, 2.45) is 0 Å². The fraction of sp³-hybridized carbons (Fsp3) is 0.364. The summed E-state index contributed by atoms with van der Waals surface area (Å²) in [5.41, 5.74) is 0.407. The van der Waals surface area contributed by atoms with Gasteiger partial charge >= 0.3 is 0 Å². The summed E-state index contributed by atoms with van der Waals surface area (Å²) in [5, 5.41) is 0. The topological polar surface area (TPSA) is 37.1 Å². The lowest BCUT2D eigenvalue weighted by atomic mass is 10.0. The molecule has 5 heteroatoms. The molecule has 0 spiro atoms. The van der Waals surface area contributed by atoms with Gasteiger partial charge in [0.2, 0.25) is 5.78 Å². The van der Waals surface area contributed by atoms with Gasteiger partial charge in [0.05, 0.1) is 6.42 Å². The van der Waals surface area contributed by atoms with Crippen molar-refractivity contribution in [3.63, 3.8) is 0 Å². The van der Waals surface area contributed by atoms with Gasteiger partial charge in [0, 0.05) is 20.6 Å². The third-order valence-electron chi connectivity index (χ3n) is 2.73. The number of benzene rings is 1. The van der Waals surface area contributed by atoms with Crippen molar-refractivity contribution in [2.45, 2.75) is 18.9 Å². The summed E-state index contributed by atoms with van der Waals surface area (Å²) in [6.07, 6.45) is 0.424. The van der Waals surface area contributed by atoms with E-state index < -0.39 is 6.04 Å². The van der Waals surface area contributed by atoms with Crippen LogP contribution in [0.15, 0.2) is 22.7 Å². The average molecular weight is 287 g/mol. The maximum Gasteiger partial charge on any atom is 0.262 e. The average Bonchev–Trinajstić information content (AvgIpc) is 2.53. The van der Waals surface area contributed by atoms with E-state index in [0.29, 0.717) is 10.0 Å². The molecular weight excluding hydrogens is 277 g/mol. The third-order valence-corrected chi connectivity index (χ3v) is 3.22. The monoisotopic (exact) mass is 286 g/mol. The van der Waals surface area contributed by atoms with Crippen LogP contribution in [0.25, 0.3) is 0 Å². The second kappa shape index (κ2) is 4.41. The Morgan fingerprint density at radius 3 is 2.81 bits per heavy atom. The Balaban J connectivity index is 2.20. The number of Topliss-reactive ketones (excluding diaryl/α,β-unsaturated/α-hetero) is 1. The zero-order valence-corrected chi connectivity index (χ0v) is 10.0. The van der Waals surface area contributed by atoms with Crippen molar-refractivity contribution in [1.29, 1.82) is 0 Å². The van der Waals surface area contributed by atoms with E-state index in [1.807, 2.05) is 0 Å². The normalized spacial score (nSPS) is 20.5. The molecule has 1 heterocycles. The predicted octanol–water partition coefficient (Wildman–Crippen LogP) is 2.25. The highest BCUT2D eigenvalue weighted by Crippen LogP contribution is 2.19. The van der Waals surface area contributed by atoms with Crippen molar-refractivity contribution < 1.29 is 13.9 Å². The van der Waals surface area contributed by atoms with Gasteiger partial charge in [-0.25, -0.2) is 4.39 Å². The molecule has 84 valence electrons. The van der Waals surface area contributed by atoms with Crippen LogP contribution >= 0.6 is 15.9 Å². The van der Waals surface area contributed by atoms with Gasteiger partial charge < -0.3 is 0 Å². The summed E-state index contributed by atoms with van der Waals surface area (Å²) in [6, 6.07) is 3.92. The molecule has 0 N–H and O–H groups in total. The molecule has 0 bridgehead atoms. The number of hydrogen-bond acceptors (Lipinski definition) is 2. The molecule has 1 aromatic rings. The van der Waals surface area contributed by atoms with E-state index in [1.165, 1.54) is 6.07 Å². The van der Waals surface area contributed by atoms with Gasteiger partial charge in [0.15, 0.2) is 6.54 Å². The van der Waals surface area contributed by atoms with Crippen molar-refractivity contribution in [3.05, 3.63) is 39.0 Å². The number of nitrogens with zero attached hydrogens (tertiary/aromatic N) is 1. The first-order valence-electron chi connectivity index (χ1n) is 4.98. The van der Waals surface area contributed by atoms with Crippen molar-refractivity contribution in [2.75, 3.05) is 6.54 Å². The summed E-state index contributed by atoms with van der Waals surface area (Å²) in [6.45, 7) is 0.224. The Bertz CT molecular complexity index is 445. The number of rotatable bonds is 2. The summed E-state index contributed by atoms with van der Waals surface area (Å²) >= 11 is 3.15. The lowest BCUT2D eigenvalue weighted by Crippen LogP contribution is -2.26. The molecule has 1 saturated heterocycles. The molecule has 0 saturated carbocycles. The Kier molecular flexibility index (Phi) is 3.14. The Morgan fingerprint density at radius 2 is 2.25 bits per heavy atom. The quantitative estimate of drug-likeness (QED) is 0.782. The molecule has 1 unspecified atom stereocenters. The van der Waals surface area contributed by atoms with Crippen LogP contribution in [0.3, 0.4) is 0 Å². The first-order valence-corrected chi connectivity index (χ1v) is 5.77. The summed E-state index contributed by atoms with van der Waals surface area (Å²) in [5.74, 6) is -0.486. The predicted molar refractivity (Wildman–Crippen MR) is 59.7 cm³/mol. The van der Waals surface area contributed by atoms with E-state index in [1.54, 1.807) is 12.1 Å². The van der Waals surface area contributed by atoms with Crippen molar-refractivity contribution in [3.8, 4) is 0 Å². The van der Waals surface area contributed by atoms with E-state index in [9.17, 15) is 14.1 Å². The molecule has 0 radical (unpaired) electrons. The number of halogens is 2. The molecule has 0 amide bonds. The molecule has 0 aliphatic carbocycles. The highest BCUT2D eigenvalue weighted by atomic mass is 79.9. The second-order valence-electron chi connectivity index (χ2n) is 3.81. The lowest BCUT2D eigenvalue weighted by Gasteiger charge is -2.03. The Hall–Kier alpha value is -1.10. The maximum atomic E-state index is 13.5. The van der Waals surface area contributed by atoms with Gasteiger partial charge in [0.1, 0.15) is 5.82 Å². The van der Waals surface area contributed by atoms with Gasteiger partial charge in [-0.1, -0.05) is 22.0 Å². The van der Waals surface area contributed by atoms with Crippen LogP contribution in [0.5, 0.6) is 0 Å². The highest BCUT2D eigenvalue weighted by molar-refractivity contribution is 9.10. The van der Waals surface area contributed by atoms with Crippen LogP contribution in [-0.2, 0) is 11.2 Å². The van der Waals surface area contributed by atoms with Gasteiger partial charge in [-0.05, 0) is 17.7 Å². The summed E-state index contributed by atoms with van der Waals surface area (Å²) in [4.78, 5) is 22.7. The number of ketones is 1. The van der Waals surface area contributed by atoms with Crippen LogP contribution in [-0.4, -0.2) is 23.1 Å². The van der Waals surface area contributed by atoms with Gasteiger partial charge in [-0.3, -0.25) is 4.79 Å². The minimum Gasteiger partial charge on any atom is -0.292 e. The number of hydrogen-bond donors (Lipinski definition) is 0. The van der Waals surface area contributed by atoms with E-state index >= 15 is 0 Å². The number of carbonyl (C=O) groups excluding carboxylic acids is 1. The van der Waals surface area contributed by atoms with Crippen LogP contribution in [0.2, 0.25) is 0 Å². The van der Waals surface area contributed by atoms with Crippen LogP contribution in [0, 0.1) is 10.7 Å². The fourth-order valence-electron chi connectivity index (χ4n) is 1.81. The molecule has 1 fully saturated rings. The molecule has 1 aliphatic rings. The van der Waals surface area contributed by atoms with E-state index in [2.05, 4.69) is 15.9 Å². The zero-order chi connectivity index (χ0) is 11.7. The maximum absolute atomic E-state index is 13.5. The minimum absolute atomic E-state index is 0.0997. The molecular formula is C11H10BrFNO2+. The molecule has 1 atom stereocenters. The third kappa shape index (κ3) is 2.19. The molecule has 2 rings (SSSR count). The largest absolute Gasteiger partial charge is 0.292 e. The Labute approximate surface area is 100 Å². The standard InChI is InChI=1S/C11H10BrFNO2/c12-8-2-1-7(9(13)6-8)5-10-11(15)3-4-14(10)16/h1-2,6,10H,3-5H2/q+1. The van der Waals surface area contributed by atoms with Gasteiger partial charge in [-0.2, -0.15) is 0 Å². The second-order valence-corrected chi connectivity index (χ2v) is 4.73. The zero-order valence-electron chi connectivity index (χ0n) is 8.45. The van der Waals surface area contributed by atoms with Gasteiger partial charge in [-0.15, -0.1) is 0 Å². The molecule has 0 aromatic heterocycles. The smallest absolute Gasteiger partial charge is 0.262 e. The van der Waals surface area contributed by atoms with Crippen molar-refractivity contribution in [1.82, 2.24) is 0 Å². The minimum atomic E-state index is -0.712. The van der Waals surface area contributed by atoms with Crippen LogP contribution < -0.4 is 0 Å². The number of nitroso groups, excluding NO2 is 1. The highest BCUT2D eigenvalue weighted by Gasteiger charge is 2.40. The molecule has 16 heavy (non-hydrogen) atoms. The lowest BCUT2D eigenvalue weighted by molar-refractivity contribution is -0.557. The molecule has 3 nitrogen and oxygen atoms in total. The molecule has 1 aromatic carbocycles. The summed E-state index contributed by atoms with van der Waals surface area (Å²) in [7, 11) is 0. The van der Waals surface area contributed by atoms with E-state index in [-0.39, 0.29) is 31.0 Å².